The van der Waals surface area contributed by atoms with E-state index in [1.54, 1.807) is 0 Å². The summed E-state index contributed by atoms with van der Waals surface area (Å²) in [6, 6.07) is 5.42. The molecular weight excluding hydrogens is 568 g/mol. The maximum absolute atomic E-state index is 13.7. The summed E-state index contributed by atoms with van der Waals surface area (Å²) >= 11 is 0. The molecule has 2 aromatic carbocycles. The summed E-state index contributed by atoms with van der Waals surface area (Å²) in [5.74, 6) is -3.13. The highest BCUT2D eigenvalue weighted by Crippen LogP contribution is 2.40. The number of ether oxygens (including phenoxy) is 4. The summed E-state index contributed by atoms with van der Waals surface area (Å²) in [5.41, 5.74) is -1.39. The molecular formula is C26H28O16. The molecule has 16 nitrogen and oxygen atoms in total. The Hall–Kier alpha value is -3.71. The van der Waals surface area contributed by atoms with Gasteiger partial charge in [-0.05, 0) is 18.2 Å². The first-order valence-electron chi connectivity index (χ1n) is 12.6. The van der Waals surface area contributed by atoms with Crippen LogP contribution in [0.5, 0.6) is 28.7 Å². The second-order valence-corrected chi connectivity index (χ2v) is 9.79. The summed E-state index contributed by atoms with van der Waals surface area (Å²) in [5, 5.41) is 100. The number of aromatic hydroxyl groups is 3. The molecule has 42 heavy (non-hydrogen) atoms. The van der Waals surface area contributed by atoms with E-state index >= 15 is 0 Å². The van der Waals surface area contributed by atoms with Crippen molar-refractivity contribution < 1.29 is 74.4 Å². The van der Waals surface area contributed by atoms with E-state index in [1.807, 2.05) is 0 Å². The molecule has 1 aromatic heterocycles. The highest BCUT2D eigenvalue weighted by Gasteiger charge is 2.45. The van der Waals surface area contributed by atoms with E-state index in [4.69, 9.17) is 23.4 Å². The van der Waals surface area contributed by atoms with Gasteiger partial charge in [0.15, 0.2) is 17.3 Å². The Kier molecular flexibility index (Phi) is 8.17. The van der Waals surface area contributed by atoms with E-state index < -0.39 is 101 Å². The maximum Gasteiger partial charge on any atom is 0.239 e. The molecule has 3 heterocycles. The molecule has 5 rings (SSSR count). The van der Waals surface area contributed by atoms with Crippen LogP contribution in [0.2, 0.25) is 0 Å². The molecule has 16 heteroatoms. The fraction of sp³-hybridized carbons (Fsp3) is 0.423. The van der Waals surface area contributed by atoms with Gasteiger partial charge in [-0.1, -0.05) is 0 Å². The molecule has 0 spiro atoms. The average Bonchev–Trinajstić information content (AvgIpc) is 2.96. The van der Waals surface area contributed by atoms with Gasteiger partial charge < -0.3 is 74.4 Å². The molecule has 2 saturated heterocycles. The van der Waals surface area contributed by atoms with Crippen molar-refractivity contribution >= 4 is 11.0 Å². The number of aliphatic hydroxyl groups excluding tert-OH is 7. The molecule has 0 amide bonds. The van der Waals surface area contributed by atoms with Gasteiger partial charge in [0.1, 0.15) is 65.2 Å². The lowest BCUT2D eigenvalue weighted by molar-refractivity contribution is -0.277. The van der Waals surface area contributed by atoms with Gasteiger partial charge in [-0.15, -0.1) is 0 Å². The van der Waals surface area contributed by atoms with Gasteiger partial charge in [0.25, 0.3) is 0 Å². The number of hydrogen-bond donors (Lipinski definition) is 10. The van der Waals surface area contributed by atoms with Gasteiger partial charge in [0, 0.05) is 17.7 Å². The van der Waals surface area contributed by atoms with E-state index in [0.29, 0.717) is 0 Å². The van der Waals surface area contributed by atoms with Crippen molar-refractivity contribution in [1.82, 2.24) is 0 Å². The van der Waals surface area contributed by atoms with Crippen molar-refractivity contribution in [2.75, 3.05) is 13.2 Å². The van der Waals surface area contributed by atoms with Gasteiger partial charge in [-0.2, -0.15) is 0 Å². The first-order chi connectivity index (χ1) is 19.9. The zero-order valence-electron chi connectivity index (χ0n) is 21.4. The Labute approximate surface area is 235 Å². The first kappa shape index (κ1) is 29.8. The Morgan fingerprint density at radius 1 is 0.786 bits per heavy atom. The van der Waals surface area contributed by atoms with Crippen LogP contribution in [0.3, 0.4) is 0 Å². The maximum atomic E-state index is 13.7. The van der Waals surface area contributed by atoms with Crippen LogP contribution in [0.15, 0.2) is 39.5 Å². The van der Waals surface area contributed by atoms with E-state index in [2.05, 4.69) is 0 Å². The third kappa shape index (κ3) is 5.31. The van der Waals surface area contributed by atoms with Crippen LogP contribution in [0.25, 0.3) is 22.3 Å². The lowest BCUT2D eigenvalue weighted by Crippen LogP contribution is -2.60. The van der Waals surface area contributed by atoms with E-state index in [1.165, 1.54) is 6.07 Å². The van der Waals surface area contributed by atoms with Gasteiger partial charge >= 0.3 is 0 Å². The molecule has 2 fully saturated rings. The minimum atomic E-state index is -1.92. The molecule has 228 valence electrons. The van der Waals surface area contributed by atoms with Gasteiger partial charge in [-0.25, -0.2) is 0 Å². The molecule has 10 N–H and O–H groups in total. The van der Waals surface area contributed by atoms with Crippen LogP contribution in [-0.4, -0.2) is 120 Å². The summed E-state index contributed by atoms with van der Waals surface area (Å²) in [6.07, 6.45) is -14.8. The van der Waals surface area contributed by atoms with Crippen molar-refractivity contribution in [3.63, 3.8) is 0 Å². The SMILES string of the molecule is O=c1c(O[C@@H]2O[C@H](CO)[C@@H](O)[C@H](O)[C@H]2O)c(-c2ccc(O)c(O)c2)oc2cc(O[C@@H]3OC[C@@H](O)[C@H](O)[C@H]3O)cc(O)c12. The summed E-state index contributed by atoms with van der Waals surface area (Å²) in [7, 11) is 0. The molecule has 0 radical (unpaired) electrons. The van der Waals surface area contributed by atoms with E-state index in [0.717, 1.165) is 24.3 Å². The first-order valence-corrected chi connectivity index (χ1v) is 12.6. The van der Waals surface area contributed by atoms with Crippen LogP contribution in [0.4, 0.5) is 0 Å². The third-order valence-electron chi connectivity index (χ3n) is 6.93. The van der Waals surface area contributed by atoms with Crippen LogP contribution in [0.1, 0.15) is 0 Å². The van der Waals surface area contributed by atoms with E-state index in [9.17, 15) is 55.9 Å². The highest BCUT2D eigenvalue weighted by atomic mass is 16.7. The predicted octanol–water partition coefficient (Wildman–Crippen LogP) is -2.43. The Morgan fingerprint density at radius 2 is 1.50 bits per heavy atom. The number of phenolic OH excluding ortho intramolecular Hbond substituents is 3. The predicted molar refractivity (Wildman–Crippen MR) is 136 cm³/mol. The second kappa shape index (κ2) is 11.5. The topological polar surface area (TPSA) is 269 Å². The molecule has 9 atom stereocenters. The summed E-state index contributed by atoms with van der Waals surface area (Å²) < 4.78 is 27.5. The zero-order chi connectivity index (χ0) is 30.5. The van der Waals surface area contributed by atoms with Crippen molar-refractivity contribution in [3.8, 4) is 40.1 Å². The zero-order valence-corrected chi connectivity index (χ0v) is 21.4. The Morgan fingerprint density at radius 3 is 2.19 bits per heavy atom. The number of fused-ring (bicyclic) bond motifs is 1. The highest BCUT2D eigenvalue weighted by molar-refractivity contribution is 5.88. The van der Waals surface area contributed by atoms with Gasteiger partial charge in [0.05, 0.1) is 13.2 Å². The molecule has 0 unspecified atom stereocenters. The summed E-state index contributed by atoms with van der Waals surface area (Å²) in [6.45, 7) is -1.15. The van der Waals surface area contributed by atoms with E-state index in [-0.39, 0.29) is 23.5 Å². The van der Waals surface area contributed by atoms with Crippen molar-refractivity contribution in [2.24, 2.45) is 0 Å². The van der Waals surface area contributed by atoms with Crippen LogP contribution < -0.4 is 14.9 Å². The van der Waals surface area contributed by atoms with Gasteiger partial charge in [-0.3, -0.25) is 4.79 Å². The quantitative estimate of drug-likeness (QED) is 0.133. The fourth-order valence-corrected chi connectivity index (χ4v) is 4.59. The molecule has 2 aliphatic rings. The van der Waals surface area contributed by atoms with Crippen molar-refractivity contribution in [3.05, 3.63) is 40.6 Å². The van der Waals surface area contributed by atoms with Crippen LogP contribution in [-0.2, 0) is 9.47 Å². The van der Waals surface area contributed by atoms with Crippen molar-refractivity contribution in [2.45, 2.75) is 55.3 Å². The second-order valence-electron chi connectivity index (χ2n) is 9.79. The number of rotatable bonds is 6. The molecule has 3 aromatic rings. The average molecular weight is 596 g/mol. The minimum Gasteiger partial charge on any atom is -0.507 e. The van der Waals surface area contributed by atoms with Crippen molar-refractivity contribution in [1.29, 1.82) is 0 Å². The number of aliphatic hydroxyl groups is 7. The Bertz CT molecular complexity index is 1500. The third-order valence-corrected chi connectivity index (χ3v) is 6.93. The summed E-state index contributed by atoms with van der Waals surface area (Å²) in [4.78, 5) is 13.7. The normalized spacial score (nSPS) is 31.6. The smallest absolute Gasteiger partial charge is 0.239 e. The fourth-order valence-electron chi connectivity index (χ4n) is 4.59. The Balaban J connectivity index is 1.61. The number of hydrogen-bond acceptors (Lipinski definition) is 16. The monoisotopic (exact) mass is 596 g/mol. The largest absolute Gasteiger partial charge is 0.507 e. The number of benzene rings is 2. The van der Waals surface area contributed by atoms with Crippen LogP contribution in [0, 0.1) is 0 Å². The lowest BCUT2D eigenvalue weighted by Gasteiger charge is -2.39. The lowest BCUT2D eigenvalue weighted by atomic mass is 9.99. The molecule has 2 aliphatic heterocycles. The number of phenols is 3. The van der Waals surface area contributed by atoms with Crippen LogP contribution >= 0.6 is 0 Å². The minimum absolute atomic E-state index is 0.0437. The van der Waals surface area contributed by atoms with Gasteiger partial charge in [0.2, 0.25) is 23.8 Å². The molecule has 0 bridgehead atoms. The molecule has 0 aliphatic carbocycles. The standard InChI is InChI=1S/C26H28O16/c27-6-15-18(33)20(35)22(37)26(41-15)42-24-19(34)16-12(30)4-9(39-25-21(36)17(32)13(31)7-38-25)5-14(16)40-23(24)8-1-2-10(28)11(29)3-8/h1-5,13,15,17-18,20-22,25-33,35-37H,6-7H2/t13-,15-,17+,18-,20+,21-,22-,25+,26+/m1/s1. The molecule has 0 saturated carbocycles.